The number of carbonyl (C=O) groups is 4. The maximum absolute atomic E-state index is 13.0. The lowest BCUT2D eigenvalue weighted by Crippen LogP contribution is -2.30. The molecule has 2 unspecified atom stereocenters. The van der Waals surface area contributed by atoms with Gasteiger partial charge >= 0.3 is 39.5 Å². The first kappa shape index (κ1) is 88.1. The van der Waals surface area contributed by atoms with Crippen LogP contribution in [0.2, 0.25) is 0 Å². The quantitative estimate of drug-likeness (QED) is 0.0222. The van der Waals surface area contributed by atoms with Gasteiger partial charge in [0.1, 0.15) is 19.3 Å². The Kier molecular flexibility index (Phi) is 63.0. The molecular formula is C71H138O17P2. The predicted molar refractivity (Wildman–Crippen MR) is 363 cm³/mol. The van der Waals surface area contributed by atoms with Crippen molar-refractivity contribution in [3.63, 3.8) is 0 Å². The summed E-state index contributed by atoms with van der Waals surface area (Å²) < 4.78 is 68.2. The van der Waals surface area contributed by atoms with Crippen molar-refractivity contribution < 1.29 is 80.2 Å². The first-order chi connectivity index (χ1) is 43.5. The number of hydrogen-bond acceptors (Lipinski definition) is 15. The van der Waals surface area contributed by atoms with E-state index in [9.17, 15) is 43.2 Å². The number of unbranched alkanes of at least 4 members (excludes halogenated alkanes) is 43. The maximum atomic E-state index is 13.0. The van der Waals surface area contributed by atoms with Crippen LogP contribution in [0.3, 0.4) is 0 Å². The Balaban J connectivity index is 5.20. The van der Waals surface area contributed by atoms with Gasteiger partial charge in [-0.1, -0.05) is 317 Å². The Morgan fingerprint density at radius 2 is 0.511 bits per heavy atom. The van der Waals surface area contributed by atoms with E-state index >= 15 is 0 Å². The van der Waals surface area contributed by atoms with Gasteiger partial charge < -0.3 is 33.8 Å². The zero-order valence-corrected chi connectivity index (χ0v) is 60.1. The Bertz CT molecular complexity index is 1740. The molecular weight excluding hydrogens is 1190 g/mol. The van der Waals surface area contributed by atoms with Gasteiger partial charge in [0, 0.05) is 25.7 Å². The first-order valence-electron chi connectivity index (χ1n) is 37.1. The molecule has 0 saturated carbocycles. The molecule has 0 saturated heterocycles. The second-order valence-electron chi connectivity index (χ2n) is 26.1. The maximum Gasteiger partial charge on any atom is 0.472 e. The van der Waals surface area contributed by atoms with Crippen molar-refractivity contribution in [3.8, 4) is 0 Å². The highest BCUT2D eigenvalue weighted by Gasteiger charge is 2.30. The molecule has 0 aliphatic heterocycles. The number of phosphoric ester groups is 2. The van der Waals surface area contributed by atoms with Crippen molar-refractivity contribution in [2.45, 2.75) is 387 Å². The van der Waals surface area contributed by atoms with E-state index in [1.165, 1.54) is 186 Å². The summed E-state index contributed by atoms with van der Waals surface area (Å²) in [6.45, 7) is 7.17. The minimum absolute atomic E-state index is 0.104. The molecule has 0 aromatic rings. The summed E-state index contributed by atoms with van der Waals surface area (Å²) in [5.41, 5.74) is 0. The highest BCUT2D eigenvalue weighted by Crippen LogP contribution is 2.45. The number of aliphatic hydroxyl groups excluding tert-OH is 1. The fourth-order valence-electron chi connectivity index (χ4n) is 10.8. The predicted octanol–water partition coefficient (Wildman–Crippen LogP) is 20.5. The second-order valence-corrected chi connectivity index (χ2v) is 29.0. The molecule has 5 atom stereocenters. The normalized spacial score (nSPS) is 14.1. The van der Waals surface area contributed by atoms with E-state index in [1.54, 1.807) is 0 Å². The molecule has 0 aromatic heterocycles. The highest BCUT2D eigenvalue weighted by atomic mass is 31.2. The third-order valence-electron chi connectivity index (χ3n) is 16.5. The van der Waals surface area contributed by atoms with Gasteiger partial charge in [0.2, 0.25) is 0 Å². The summed E-state index contributed by atoms with van der Waals surface area (Å²) in [6.07, 6.45) is 51.5. The molecule has 0 aromatic carbocycles. The number of aliphatic hydroxyl groups is 1. The summed E-state index contributed by atoms with van der Waals surface area (Å²) in [5.74, 6) is -1.43. The van der Waals surface area contributed by atoms with Crippen LogP contribution in [0.15, 0.2) is 0 Å². The lowest BCUT2D eigenvalue weighted by atomic mass is 10.0. The monoisotopic (exact) mass is 1320 g/mol. The van der Waals surface area contributed by atoms with Gasteiger partial charge in [0.15, 0.2) is 12.2 Å². The summed E-state index contributed by atoms with van der Waals surface area (Å²) >= 11 is 0. The van der Waals surface area contributed by atoms with Crippen LogP contribution in [-0.2, 0) is 65.4 Å². The summed E-state index contributed by atoms with van der Waals surface area (Å²) in [5, 5.41) is 10.6. The van der Waals surface area contributed by atoms with Gasteiger partial charge in [-0.2, -0.15) is 0 Å². The van der Waals surface area contributed by atoms with Gasteiger partial charge in [0.25, 0.3) is 0 Å². The molecule has 0 amide bonds. The number of esters is 4. The van der Waals surface area contributed by atoms with E-state index in [0.29, 0.717) is 31.6 Å². The zero-order chi connectivity index (χ0) is 66.3. The number of ether oxygens (including phenoxy) is 4. The molecule has 0 rings (SSSR count). The second kappa shape index (κ2) is 64.4. The minimum atomic E-state index is -4.95. The van der Waals surface area contributed by atoms with Crippen molar-refractivity contribution in [1.29, 1.82) is 0 Å². The Morgan fingerprint density at radius 3 is 0.756 bits per heavy atom. The van der Waals surface area contributed by atoms with E-state index in [-0.39, 0.29) is 25.7 Å². The standard InChI is InChI=1S/C71H138O17P2/c1-6-9-12-15-18-21-23-25-27-29-31-33-35-40-45-50-55-69(74)82-61-66(87-70(75)56-51-46-41-36-34-32-30-28-26-24-22-19-16-13-10-7-2)62-85-89(77,78)83-58-65(72)59-84-90(79,80)86-63-67(60-81-68(73)54-49-44-39-20-17-14-11-8-3)88-71(76)57-52-47-42-37-38-43-48-53-64(4)5/h64-67,72H,6-63H2,1-5H3,(H,77,78)(H,79,80)/t65-,66-,67-/m1/s1. The number of phosphoric acid groups is 2. The van der Waals surface area contributed by atoms with Gasteiger partial charge in [-0.15, -0.1) is 0 Å². The van der Waals surface area contributed by atoms with Crippen LogP contribution in [0.4, 0.5) is 0 Å². The molecule has 19 heteroatoms. The molecule has 0 aliphatic carbocycles. The van der Waals surface area contributed by atoms with Crippen LogP contribution in [0.25, 0.3) is 0 Å². The number of carbonyl (C=O) groups excluding carboxylic acids is 4. The van der Waals surface area contributed by atoms with E-state index in [0.717, 1.165) is 96.3 Å². The van der Waals surface area contributed by atoms with Crippen LogP contribution < -0.4 is 0 Å². The van der Waals surface area contributed by atoms with Crippen LogP contribution in [-0.4, -0.2) is 96.7 Å². The molecule has 17 nitrogen and oxygen atoms in total. The fourth-order valence-corrected chi connectivity index (χ4v) is 12.4. The van der Waals surface area contributed by atoms with Crippen LogP contribution in [0.1, 0.15) is 369 Å². The van der Waals surface area contributed by atoms with Gasteiger partial charge in [0.05, 0.1) is 26.4 Å². The Hall–Kier alpha value is -1.94. The van der Waals surface area contributed by atoms with Crippen molar-refractivity contribution >= 4 is 39.5 Å². The van der Waals surface area contributed by atoms with Crippen molar-refractivity contribution in [2.75, 3.05) is 39.6 Å². The zero-order valence-electron chi connectivity index (χ0n) is 58.3. The molecule has 0 radical (unpaired) electrons. The van der Waals surface area contributed by atoms with Crippen molar-refractivity contribution in [1.82, 2.24) is 0 Å². The molecule has 0 heterocycles. The molecule has 0 aliphatic rings. The van der Waals surface area contributed by atoms with Gasteiger partial charge in [-0.05, 0) is 31.6 Å². The molecule has 3 N–H and O–H groups in total. The third kappa shape index (κ3) is 64.8. The van der Waals surface area contributed by atoms with Crippen LogP contribution in [0, 0.1) is 5.92 Å². The Morgan fingerprint density at radius 1 is 0.300 bits per heavy atom. The van der Waals surface area contributed by atoms with Gasteiger partial charge in [-0.3, -0.25) is 37.3 Å². The van der Waals surface area contributed by atoms with E-state index < -0.39 is 97.5 Å². The summed E-state index contributed by atoms with van der Waals surface area (Å²) in [7, 11) is -9.90. The summed E-state index contributed by atoms with van der Waals surface area (Å²) in [6, 6.07) is 0. The topological polar surface area (TPSA) is 237 Å². The van der Waals surface area contributed by atoms with Crippen LogP contribution in [0.5, 0.6) is 0 Å². The highest BCUT2D eigenvalue weighted by molar-refractivity contribution is 7.47. The number of hydrogen-bond donors (Lipinski definition) is 3. The van der Waals surface area contributed by atoms with Crippen LogP contribution >= 0.6 is 15.6 Å². The molecule has 90 heavy (non-hydrogen) atoms. The largest absolute Gasteiger partial charge is 0.472 e. The SMILES string of the molecule is CCCCCCCCCCCCCCCCCCC(=O)OC[C@H](COP(=O)(O)OC[C@@H](O)COP(=O)(O)OC[C@@H](COC(=O)CCCCCCCCCC)OC(=O)CCCCCCCCCC(C)C)OC(=O)CCCCCCCCCCCCCCCCCC. The summed E-state index contributed by atoms with van der Waals surface area (Å²) in [4.78, 5) is 72.5. The van der Waals surface area contributed by atoms with Crippen molar-refractivity contribution in [3.05, 3.63) is 0 Å². The Labute approximate surface area is 549 Å². The average molecular weight is 1330 g/mol. The molecule has 534 valence electrons. The lowest BCUT2D eigenvalue weighted by molar-refractivity contribution is -0.161. The number of rotatable bonds is 71. The minimum Gasteiger partial charge on any atom is -0.462 e. The molecule has 0 spiro atoms. The third-order valence-corrected chi connectivity index (χ3v) is 18.4. The van der Waals surface area contributed by atoms with E-state index in [2.05, 4.69) is 34.6 Å². The molecule has 0 bridgehead atoms. The van der Waals surface area contributed by atoms with E-state index in [4.69, 9.17) is 37.0 Å². The molecule has 0 fully saturated rings. The fraction of sp³-hybridized carbons (Fsp3) is 0.944. The van der Waals surface area contributed by atoms with Crippen molar-refractivity contribution in [2.24, 2.45) is 5.92 Å². The lowest BCUT2D eigenvalue weighted by Gasteiger charge is -2.21. The first-order valence-corrected chi connectivity index (χ1v) is 40.1. The van der Waals surface area contributed by atoms with E-state index in [1.807, 2.05) is 0 Å². The van der Waals surface area contributed by atoms with Gasteiger partial charge in [-0.25, -0.2) is 9.13 Å². The average Bonchev–Trinajstić information content (AvgIpc) is 3.29. The smallest absolute Gasteiger partial charge is 0.462 e.